The number of para-hydroxylation sites is 1. The molecule has 0 aliphatic rings. The van der Waals surface area contributed by atoms with Crippen LogP contribution in [0.1, 0.15) is 123 Å². The van der Waals surface area contributed by atoms with Crippen LogP contribution in [0.5, 0.6) is 17.2 Å². The molecule has 0 amide bonds. The second-order valence-electron chi connectivity index (χ2n) is 14.6. The van der Waals surface area contributed by atoms with Crippen molar-refractivity contribution in [1.82, 2.24) is 0 Å². The van der Waals surface area contributed by atoms with Crippen LogP contribution in [0.3, 0.4) is 0 Å². The van der Waals surface area contributed by atoms with Gasteiger partial charge in [0.25, 0.3) is 0 Å². The quantitative estimate of drug-likeness (QED) is 0.140. The van der Waals surface area contributed by atoms with E-state index in [1.807, 2.05) is 24.3 Å². The van der Waals surface area contributed by atoms with Crippen LogP contribution < -0.4 is 9.47 Å². The third kappa shape index (κ3) is 8.91. The van der Waals surface area contributed by atoms with Gasteiger partial charge in [0, 0.05) is 22.9 Å². The van der Waals surface area contributed by atoms with E-state index in [9.17, 15) is 10.2 Å². The van der Waals surface area contributed by atoms with Crippen molar-refractivity contribution < 1.29 is 19.7 Å². The Hall–Kier alpha value is -3.31. The van der Waals surface area contributed by atoms with Crippen LogP contribution in [0.15, 0.2) is 65.7 Å². The number of unbranched alkanes of at least 4 members (excludes halogenated alkanes) is 2. The van der Waals surface area contributed by atoms with Crippen LogP contribution in [0.2, 0.25) is 0 Å². The van der Waals surface area contributed by atoms with E-state index in [0.29, 0.717) is 41.4 Å². The van der Waals surface area contributed by atoms with Crippen LogP contribution in [0, 0.1) is 5.92 Å². The Labute approximate surface area is 272 Å². The summed E-state index contributed by atoms with van der Waals surface area (Å²) in [6.45, 7) is 22.6. The minimum atomic E-state index is -1.64. The number of hydrogen-bond acceptors (Lipinski definition) is 5. The first-order valence-electron chi connectivity index (χ1n) is 16.7. The van der Waals surface area contributed by atoms with Gasteiger partial charge < -0.3 is 19.7 Å². The van der Waals surface area contributed by atoms with Gasteiger partial charge >= 0.3 is 0 Å². The van der Waals surface area contributed by atoms with Crippen molar-refractivity contribution in [3.63, 3.8) is 0 Å². The molecular formula is C40H57NO4. The molecule has 0 aromatic heterocycles. The van der Waals surface area contributed by atoms with Gasteiger partial charge in [0.05, 0.1) is 19.3 Å². The summed E-state index contributed by atoms with van der Waals surface area (Å²) >= 11 is 0. The number of phenolic OH excluding ortho intramolecular Hbond substituents is 1. The van der Waals surface area contributed by atoms with Crippen LogP contribution in [0.25, 0.3) is 0 Å². The zero-order chi connectivity index (χ0) is 33.4. The molecule has 246 valence electrons. The summed E-state index contributed by atoms with van der Waals surface area (Å²) in [5.74, 6) is 1.33. The van der Waals surface area contributed by atoms with Gasteiger partial charge in [-0.1, -0.05) is 106 Å². The molecule has 1 unspecified atom stereocenters. The second kappa shape index (κ2) is 15.3. The number of aliphatic hydroxyl groups is 1. The van der Waals surface area contributed by atoms with Crippen LogP contribution in [-0.4, -0.2) is 35.7 Å². The van der Waals surface area contributed by atoms with E-state index < -0.39 is 11.6 Å². The second-order valence-corrected chi connectivity index (χ2v) is 14.6. The van der Waals surface area contributed by atoms with Crippen molar-refractivity contribution in [2.75, 3.05) is 13.2 Å². The molecule has 0 heterocycles. The van der Waals surface area contributed by atoms with Crippen molar-refractivity contribution in [3.05, 3.63) is 88.5 Å². The fraction of sp³-hybridized carbons (Fsp3) is 0.525. The third-order valence-corrected chi connectivity index (χ3v) is 8.39. The molecule has 3 aromatic carbocycles. The van der Waals surface area contributed by atoms with E-state index in [2.05, 4.69) is 93.5 Å². The largest absolute Gasteiger partial charge is 0.507 e. The fourth-order valence-electron chi connectivity index (χ4n) is 5.48. The summed E-state index contributed by atoms with van der Waals surface area (Å²) < 4.78 is 12.9. The monoisotopic (exact) mass is 615 g/mol. The number of rotatable bonds is 14. The maximum absolute atomic E-state index is 13.7. The van der Waals surface area contributed by atoms with Crippen molar-refractivity contribution >= 4 is 6.21 Å². The lowest BCUT2D eigenvalue weighted by molar-refractivity contribution is 0.0306. The smallest absolute Gasteiger partial charge is 0.144 e. The maximum atomic E-state index is 13.7. The molecule has 0 saturated heterocycles. The lowest BCUT2D eigenvalue weighted by atomic mass is 9.72. The zero-order valence-electron chi connectivity index (χ0n) is 29.4. The Bertz CT molecular complexity index is 1340. The molecule has 1 atom stereocenters. The number of hydrogen-bond donors (Lipinski definition) is 2. The summed E-state index contributed by atoms with van der Waals surface area (Å²) in [7, 11) is 0. The summed E-state index contributed by atoms with van der Waals surface area (Å²) in [6, 6.07) is 18.9. The van der Waals surface area contributed by atoms with E-state index in [4.69, 9.17) is 14.5 Å². The van der Waals surface area contributed by atoms with Gasteiger partial charge in [0.2, 0.25) is 0 Å². The first kappa shape index (κ1) is 36.2. The molecule has 0 radical (unpaired) electrons. The Morgan fingerprint density at radius 1 is 0.733 bits per heavy atom. The normalized spacial score (nSPS) is 13.4. The van der Waals surface area contributed by atoms with Crippen molar-refractivity contribution in [2.24, 2.45) is 10.9 Å². The van der Waals surface area contributed by atoms with Crippen LogP contribution >= 0.6 is 0 Å². The molecule has 0 spiro atoms. The fourth-order valence-corrected chi connectivity index (χ4v) is 5.48. The van der Waals surface area contributed by atoms with E-state index in [1.165, 1.54) is 0 Å². The molecule has 0 fully saturated rings. The van der Waals surface area contributed by atoms with Crippen LogP contribution in [0.4, 0.5) is 0 Å². The van der Waals surface area contributed by atoms with Crippen molar-refractivity contribution in [2.45, 2.75) is 117 Å². The Morgan fingerprint density at radius 3 is 1.60 bits per heavy atom. The first-order valence-corrected chi connectivity index (χ1v) is 16.7. The van der Waals surface area contributed by atoms with E-state index in [1.54, 1.807) is 18.3 Å². The third-order valence-electron chi connectivity index (χ3n) is 8.39. The average Bonchev–Trinajstić information content (AvgIpc) is 2.97. The minimum Gasteiger partial charge on any atom is -0.507 e. The van der Waals surface area contributed by atoms with Gasteiger partial charge in [-0.3, -0.25) is 4.99 Å². The highest BCUT2D eigenvalue weighted by Crippen LogP contribution is 2.48. The van der Waals surface area contributed by atoms with Gasteiger partial charge in [-0.05, 0) is 77.1 Å². The summed E-state index contributed by atoms with van der Waals surface area (Å²) in [6.07, 6.45) is 5.50. The highest BCUT2D eigenvalue weighted by atomic mass is 16.5. The van der Waals surface area contributed by atoms with Gasteiger partial charge in [-0.15, -0.1) is 0 Å². The standard InChI is InChI=1S/C40H57NO4/c1-11-13-23-44-35-21-19-30(38(5,6)7)25-32(35)40(43,37(28(3)4)41-27-29-17-15-16-18-34(29)42)33-26-31(39(8,9)10)20-22-36(33)45-24-14-12-2/h15-22,25-28,37,42-43H,11-14,23-24H2,1-10H3. The maximum Gasteiger partial charge on any atom is 0.144 e. The highest BCUT2D eigenvalue weighted by Gasteiger charge is 2.47. The molecule has 0 saturated carbocycles. The Morgan fingerprint density at radius 2 is 1.20 bits per heavy atom. The zero-order valence-corrected chi connectivity index (χ0v) is 29.4. The SMILES string of the molecule is CCCCOc1ccc(C(C)(C)C)cc1C(O)(c1cc(C(C)(C)C)ccc1OCCCC)C(N=Cc1ccccc1O)C(C)C. The predicted molar refractivity (Wildman–Crippen MR) is 188 cm³/mol. The van der Waals surface area contributed by atoms with Gasteiger partial charge in [-0.25, -0.2) is 0 Å². The summed E-state index contributed by atoms with van der Waals surface area (Å²) in [5.41, 5.74) is 2.14. The Balaban J connectivity index is 2.47. The van der Waals surface area contributed by atoms with Gasteiger partial charge in [0.15, 0.2) is 0 Å². The molecule has 5 heteroatoms. The first-order chi connectivity index (χ1) is 21.1. The number of phenols is 1. The predicted octanol–water partition coefficient (Wildman–Crippen LogP) is 9.72. The van der Waals surface area contributed by atoms with Gasteiger partial charge in [-0.2, -0.15) is 0 Å². The molecule has 0 aliphatic carbocycles. The molecule has 0 bridgehead atoms. The van der Waals surface area contributed by atoms with Crippen molar-refractivity contribution in [1.29, 1.82) is 0 Å². The molecule has 3 aromatic rings. The lowest BCUT2D eigenvalue weighted by Gasteiger charge is -2.40. The number of ether oxygens (including phenoxy) is 2. The topological polar surface area (TPSA) is 71.3 Å². The minimum absolute atomic E-state index is 0.0966. The number of aliphatic imine (C=N–C) groups is 1. The molecule has 45 heavy (non-hydrogen) atoms. The number of aromatic hydroxyl groups is 1. The van der Waals surface area contributed by atoms with Crippen molar-refractivity contribution in [3.8, 4) is 17.2 Å². The molecule has 2 N–H and O–H groups in total. The van der Waals surface area contributed by atoms with Gasteiger partial charge in [0.1, 0.15) is 22.8 Å². The number of benzene rings is 3. The van der Waals surface area contributed by atoms with E-state index in [0.717, 1.165) is 36.8 Å². The summed E-state index contributed by atoms with van der Waals surface area (Å²) in [5, 5.41) is 24.2. The molecule has 3 rings (SSSR count). The average molecular weight is 616 g/mol. The van der Waals surface area contributed by atoms with Crippen LogP contribution in [-0.2, 0) is 16.4 Å². The molecule has 0 aliphatic heterocycles. The lowest BCUT2D eigenvalue weighted by Crippen LogP contribution is -2.44. The van der Waals surface area contributed by atoms with E-state index in [-0.39, 0.29) is 22.5 Å². The summed E-state index contributed by atoms with van der Waals surface area (Å²) in [4.78, 5) is 5.09. The number of nitrogens with zero attached hydrogens (tertiary/aromatic N) is 1. The molecule has 5 nitrogen and oxygen atoms in total. The Kier molecular flexibility index (Phi) is 12.3. The molecular weight excluding hydrogens is 558 g/mol. The van der Waals surface area contributed by atoms with E-state index >= 15 is 0 Å². The highest BCUT2D eigenvalue weighted by molar-refractivity contribution is 5.83.